The summed E-state index contributed by atoms with van der Waals surface area (Å²) in [5, 5.41) is 3.11. The highest BCUT2D eigenvalue weighted by Crippen LogP contribution is 2.41. The van der Waals surface area contributed by atoms with Crippen molar-refractivity contribution in [1.29, 1.82) is 0 Å². The molecule has 1 aliphatic rings. The van der Waals surface area contributed by atoms with E-state index in [0.717, 1.165) is 10.0 Å². The fraction of sp³-hybridized carbons (Fsp3) is 0.360. The van der Waals surface area contributed by atoms with E-state index in [4.69, 9.17) is 23.4 Å². The van der Waals surface area contributed by atoms with Crippen LogP contribution in [0.1, 0.15) is 25.5 Å². The number of hydrogen-bond acceptors (Lipinski definition) is 8. The van der Waals surface area contributed by atoms with Crippen LogP contribution in [0.4, 0.5) is 0 Å². The maximum absolute atomic E-state index is 13.1. The van der Waals surface area contributed by atoms with Gasteiger partial charge in [-0.15, -0.1) is 0 Å². The van der Waals surface area contributed by atoms with Gasteiger partial charge < -0.3 is 28.7 Å². The minimum atomic E-state index is -0.813. The van der Waals surface area contributed by atoms with Gasteiger partial charge in [0.15, 0.2) is 0 Å². The molecular weight excluding hydrogens is 506 g/mol. The Labute approximate surface area is 207 Å². The minimum Gasteiger partial charge on any atom is -0.460 e. The first kappa shape index (κ1) is 25.7. The molecule has 0 saturated heterocycles. The van der Waals surface area contributed by atoms with Gasteiger partial charge in [0.05, 0.1) is 30.3 Å². The number of furan rings is 1. The van der Waals surface area contributed by atoms with Crippen LogP contribution < -0.4 is 5.32 Å². The molecule has 1 aromatic carbocycles. The van der Waals surface area contributed by atoms with E-state index in [0.29, 0.717) is 22.9 Å². The molecule has 1 N–H and O–H groups in total. The molecule has 34 heavy (non-hydrogen) atoms. The first-order valence-corrected chi connectivity index (χ1v) is 11.5. The maximum Gasteiger partial charge on any atom is 0.336 e. The number of halogens is 1. The Bertz CT molecular complexity index is 1060. The second-order valence-corrected chi connectivity index (χ2v) is 8.52. The zero-order valence-corrected chi connectivity index (χ0v) is 21.2. The lowest BCUT2D eigenvalue weighted by atomic mass is 9.83. The van der Waals surface area contributed by atoms with Gasteiger partial charge in [-0.2, -0.15) is 0 Å². The summed E-state index contributed by atoms with van der Waals surface area (Å²) >= 11 is 3.47. The third-order valence-corrected chi connectivity index (χ3v) is 5.76. The summed E-state index contributed by atoms with van der Waals surface area (Å²) < 4.78 is 27.9. The van der Waals surface area contributed by atoms with Crippen LogP contribution in [0.5, 0.6) is 0 Å². The van der Waals surface area contributed by atoms with E-state index in [1.807, 2.05) is 30.3 Å². The number of dihydropyridines is 1. The summed E-state index contributed by atoms with van der Waals surface area (Å²) in [6.07, 6.45) is 0. The molecule has 0 fully saturated rings. The average Bonchev–Trinajstić information content (AvgIpc) is 3.29. The zero-order valence-electron chi connectivity index (χ0n) is 19.6. The van der Waals surface area contributed by atoms with Gasteiger partial charge >= 0.3 is 11.9 Å². The number of rotatable bonds is 10. The molecule has 8 nitrogen and oxygen atoms in total. The number of carbonyl (C=O) groups is 2. The molecular formula is C25H28BrNO7. The SMILES string of the molecule is COCCOC(=O)C1=C(C)NC(C)=C(C(=O)OCCOC)C1c1ccc(-c2cccc(Br)c2)o1. The quantitative estimate of drug-likeness (QED) is 0.356. The van der Waals surface area contributed by atoms with Crippen LogP contribution in [0, 0.1) is 0 Å². The molecule has 0 bridgehead atoms. The number of nitrogens with one attached hydrogen (secondary N) is 1. The molecule has 0 unspecified atom stereocenters. The van der Waals surface area contributed by atoms with Crippen molar-refractivity contribution in [2.24, 2.45) is 0 Å². The lowest BCUT2D eigenvalue weighted by molar-refractivity contribution is -0.141. The highest BCUT2D eigenvalue weighted by Gasteiger charge is 2.40. The topological polar surface area (TPSA) is 96.2 Å². The Balaban J connectivity index is 2.03. The summed E-state index contributed by atoms with van der Waals surface area (Å²) in [5.41, 5.74) is 2.54. The number of benzene rings is 1. The van der Waals surface area contributed by atoms with E-state index in [1.54, 1.807) is 19.9 Å². The Kier molecular flexibility index (Phi) is 9.09. The fourth-order valence-corrected chi connectivity index (χ4v) is 4.11. The second-order valence-electron chi connectivity index (χ2n) is 7.61. The van der Waals surface area contributed by atoms with Crippen molar-refractivity contribution in [3.63, 3.8) is 0 Å². The number of hydrogen-bond donors (Lipinski definition) is 1. The van der Waals surface area contributed by atoms with Crippen molar-refractivity contribution in [2.45, 2.75) is 19.8 Å². The minimum absolute atomic E-state index is 0.0800. The molecule has 3 rings (SSSR count). The van der Waals surface area contributed by atoms with Crippen molar-refractivity contribution < 1.29 is 33.0 Å². The lowest BCUT2D eigenvalue weighted by Crippen LogP contribution is -2.33. The van der Waals surface area contributed by atoms with Gasteiger partial charge in [-0.3, -0.25) is 0 Å². The van der Waals surface area contributed by atoms with Crippen molar-refractivity contribution in [2.75, 3.05) is 40.6 Å². The Hall–Kier alpha value is -2.88. The van der Waals surface area contributed by atoms with Crippen molar-refractivity contribution >= 4 is 27.9 Å². The Morgan fingerprint density at radius 2 is 1.50 bits per heavy atom. The molecule has 0 radical (unpaired) electrons. The summed E-state index contributed by atoms with van der Waals surface area (Å²) in [6, 6.07) is 11.2. The lowest BCUT2D eigenvalue weighted by Gasteiger charge is -2.29. The van der Waals surface area contributed by atoms with Crippen LogP contribution in [-0.4, -0.2) is 52.6 Å². The third kappa shape index (κ3) is 5.97. The van der Waals surface area contributed by atoms with Gasteiger partial charge in [0.25, 0.3) is 0 Å². The van der Waals surface area contributed by atoms with Crippen LogP contribution in [0.25, 0.3) is 11.3 Å². The summed E-state index contributed by atoms with van der Waals surface area (Å²) in [6.45, 7) is 4.19. The van der Waals surface area contributed by atoms with Gasteiger partial charge in [0, 0.05) is 35.6 Å². The Morgan fingerprint density at radius 1 is 0.912 bits per heavy atom. The molecule has 0 spiro atoms. The molecule has 2 aromatic rings. The highest BCUT2D eigenvalue weighted by molar-refractivity contribution is 9.10. The van der Waals surface area contributed by atoms with E-state index in [9.17, 15) is 9.59 Å². The van der Waals surface area contributed by atoms with Gasteiger partial charge in [0.2, 0.25) is 0 Å². The number of carbonyl (C=O) groups excluding carboxylic acids is 2. The molecule has 0 saturated carbocycles. The first-order chi connectivity index (χ1) is 16.4. The zero-order chi connectivity index (χ0) is 24.7. The predicted octanol–water partition coefficient (Wildman–Crippen LogP) is 4.32. The van der Waals surface area contributed by atoms with Crippen molar-refractivity contribution in [1.82, 2.24) is 5.32 Å². The summed E-state index contributed by atoms with van der Waals surface area (Å²) in [4.78, 5) is 26.2. The standard InChI is InChI=1S/C25H28BrNO7/c1-15-21(24(28)32-12-10-30-3)23(22(16(2)27-15)25(29)33-13-11-31-4)20-9-8-19(34-20)17-6-5-7-18(26)14-17/h5-9,14,23,27H,10-13H2,1-4H3. The summed E-state index contributed by atoms with van der Waals surface area (Å²) in [7, 11) is 3.05. The van der Waals surface area contributed by atoms with Gasteiger partial charge in [0.1, 0.15) is 24.7 Å². The van der Waals surface area contributed by atoms with Crippen LogP contribution in [-0.2, 0) is 28.5 Å². The van der Waals surface area contributed by atoms with Gasteiger partial charge in [-0.1, -0.05) is 28.1 Å². The molecule has 0 atom stereocenters. The van der Waals surface area contributed by atoms with Crippen molar-refractivity contribution in [3.05, 3.63) is 69.2 Å². The molecule has 2 heterocycles. The third-order valence-electron chi connectivity index (χ3n) is 5.26. The summed E-state index contributed by atoms with van der Waals surface area (Å²) in [5.74, 6) is -0.923. The maximum atomic E-state index is 13.1. The number of allylic oxidation sites excluding steroid dienone is 2. The number of methoxy groups -OCH3 is 2. The average molecular weight is 534 g/mol. The van der Waals surface area contributed by atoms with Crippen LogP contribution in [0.3, 0.4) is 0 Å². The first-order valence-electron chi connectivity index (χ1n) is 10.7. The highest BCUT2D eigenvalue weighted by atomic mass is 79.9. The van der Waals surface area contributed by atoms with Crippen molar-refractivity contribution in [3.8, 4) is 11.3 Å². The fourth-order valence-electron chi connectivity index (χ4n) is 3.72. The largest absolute Gasteiger partial charge is 0.460 e. The number of esters is 2. The molecule has 0 amide bonds. The van der Waals surface area contributed by atoms with E-state index in [2.05, 4.69) is 21.2 Å². The van der Waals surface area contributed by atoms with E-state index in [-0.39, 0.29) is 37.6 Å². The molecule has 182 valence electrons. The van der Waals surface area contributed by atoms with Crippen LogP contribution in [0.2, 0.25) is 0 Å². The van der Waals surface area contributed by atoms with E-state index >= 15 is 0 Å². The van der Waals surface area contributed by atoms with E-state index in [1.165, 1.54) is 14.2 Å². The number of ether oxygens (including phenoxy) is 4. The Morgan fingerprint density at radius 3 is 2.03 bits per heavy atom. The van der Waals surface area contributed by atoms with Crippen LogP contribution in [0.15, 0.2) is 67.8 Å². The van der Waals surface area contributed by atoms with Crippen LogP contribution >= 0.6 is 15.9 Å². The van der Waals surface area contributed by atoms with E-state index < -0.39 is 17.9 Å². The monoisotopic (exact) mass is 533 g/mol. The van der Waals surface area contributed by atoms with Gasteiger partial charge in [-0.25, -0.2) is 9.59 Å². The normalized spacial score (nSPS) is 14.3. The smallest absolute Gasteiger partial charge is 0.336 e. The molecule has 9 heteroatoms. The van der Waals surface area contributed by atoms with Gasteiger partial charge in [-0.05, 0) is 38.1 Å². The predicted molar refractivity (Wildman–Crippen MR) is 129 cm³/mol. The molecule has 1 aromatic heterocycles. The second kappa shape index (κ2) is 12.0. The molecule has 0 aliphatic carbocycles. The molecule has 1 aliphatic heterocycles.